The molecule has 0 radical (unpaired) electrons. The second-order valence-corrected chi connectivity index (χ2v) is 12.6. The molecule has 1 aromatic heterocycles. The molecule has 8 nitrogen and oxygen atoms in total. The summed E-state index contributed by atoms with van der Waals surface area (Å²) in [5.41, 5.74) is 11.8. The van der Waals surface area contributed by atoms with Crippen LogP contribution in [0.5, 0.6) is 17.2 Å². The van der Waals surface area contributed by atoms with E-state index in [9.17, 15) is 5.11 Å². The van der Waals surface area contributed by atoms with Gasteiger partial charge in [-0.05, 0) is 73.5 Å². The van der Waals surface area contributed by atoms with Crippen LogP contribution in [0, 0.1) is 24.2 Å². The van der Waals surface area contributed by atoms with E-state index >= 15 is 0 Å². The van der Waals surface area contributed by atoms with Crippen LogP contribution < -0.4 is 19.9 Å². The smallest absolute Gasteiger partial charge is 0.142 e. The van der Waals surface area contributed by atoms with Crippen LogP contribution in [0.2, 0.25) is 10.0 Å². The van der Waals surface area contributed by atoms with Crippen molar-refractivity contribution in [2.75, 3.05) is 32.8 Å². The average molecular weight is 676 g/mol. The van der Waals surface area contributed by atoms with Gasteiger partial charge in [-0.2, -0.15) is 5.26 Å². The Balaban J connectivity index is 1.24. The van der Waals surface area contributed by atoms with Crippen molar-refractivity contribution < 1.29 is 19.3 Å². The lowest BCUT2D eigenvalue weighted by Crippen LogP contribution is -2.37. The average Bonchev–Trinajstić information content (AvgIpc) is 3.10. The Morgan fingerprint density at radius 3 is 2.60 bits per heavy atom. The molecule has 47 heavy (non-hydrogen) atoms. The summed E-state index contributed by atoms with van der Waals surface area (Å²) >= 11 is 13.5. The van der Waals surface area contributed by atoms with E-state index in [1.54, 1.807) is 24.4 Å². The predicted molar refractivity (Wildman–Crippen MR) is 185 cm³/mol. The van der Waals surface area contributed by atoms with E-state index in [0.29, 0.717) is 45.4 Å². The Morgan fingerprint density at radius 2 is 1.79 bits per heavy atom. The summed E-state index contributed by atoms with van der Waals surface area (Å²) in [6.45, 7) is 6.55. The zero-order valence-corrected chi connectivity index (χ0v) is 28.1. The van der Waals surface area contributed by atoms with Gasteiger partial charge in [-0.1, -0.05) is 53.5 Å². The minimum Gasteiger partial charge on any atom is -0.492 e. The molecule has 1 fully saturated rings. The van der Waals surface area contributed by atoms with Gasteiger partial charge in [-0.3, -0.25) is 4.98 Å². The summed E-state index contributed by atoms with van der Waals surface area (Å²) in [5.74, 6) is 2.06. The van der Waals surface area contributed by atoms with Gasteiger partial charge in [0.1, 0.15) is 36.5 Å². The lowest BCUT2D eigenvalue weighted by atomic mass is 9.96. The number of nitrogens with two attached hydrogens (primary N) is 1. The van der Waals surface area contributed by atoms with E-state index in [0.717, 1.165) is 72.3 Å². The van der Waals surface area contributed by atoms with Crippen LogP contribution in [-0.2, 0) is 19.8 Å². The first-order valence-electron chi connectivity index (χ1n) is 15.9. The highest BCUT2D eigenvalue weighted by atomic mass is 35.5. The summed E-state index contributed by atoms with van der Waals surface area (Å²) in [5, 5.41) is 19.7. The van der Waals surface area contributed by atoms with Gasteiger partial charge in [-0.15, -0.1) is 0 Å². The van der Waals surface area contributed by atoms with E-state index < -0.39 is 0 Å². The summed E-state index contributed by atoms with van der Waals surface area (Å²) in [6.07, 6.45) is 6.28. The van der Waals surface area contributed by atoms with Gasteiger partial charge in [0.05, 0.1) is 22.2 Å². The van der Waals surface area contributed by atoms with E-state index in [1.165, 1.54) is 6.20 Å². The second-order valence-electron chi connectivity index (χ2n) is 11.8. The minimum absolute atomic E-state index is 0.213. The molecular weight excluding hydrogens is 635 g/mol. The Hall–Kier alpha value is -3.84. The van der Waals surface area contributed by atoms with Gasteiger partial charge < -0.3 is 30.0 Å². The number of nitrogens with zero attached hydrogens (tertiary/aromatic N) is 3. The first-order valence-corrected chi connectivity index (χ1v) is 16.6. The number of hydrogen-bond donors (Lipinski definition) is 2. The van der Waals surface area contributed by atoms with Crippen molar-refractivity contribution in [3.05, 3.63) is 105 Å². The summed E-state index contributed by atoms with van der Waals surface area (Å²) in [4.78, 5) is 6.50. The first kappa shape index (κ1) is 34.5. The molecule has 1 unspecified atom stereocenters. The largest absolute Gasteiger partial charge is 0.492 e. The number of benzene rings is 3. The Bertz CT molecular complexity index is 1710. The number of aliphatic hydroxyl groups is 1. The van der Waals surface area contributed by atoms with Crippen molar-refractivity contribution >= 4 is 23.2 Å². The van der Waals surface area contributed by atoms with Crippen molar-refractivity contribution in [3.63, 3.8) is 0 Å². The molecule has 0 amide bonds. The molecule has 1 aliphatic rings. The Morgan fingerprint density at radius 1 is 0.979 bits per heavy atom. The van der Waals surface area contributed by atoms with Crippen LogP contribution in [0.15, 0.2) is 67.0 Å². The normalized spacial score (nSPS) is 14.9. The van der Waals surface area contributed by atoms with E-state index in [-0.39, 0.29) is 26.4 Å². The van der Waals surface area contributed by atoms with Crippen LogP contribution in [0.4, 0.5) is 0 Å². The Kier molecular flexibility index (Phi) is 12.3. The molecule has 0 spiro atoms. The summed E-state index contributed by atoms with van der Waals surface area (Å²) in [6, 6.07) is 19.2. The number of nitriles is 1. The molecule has 3 N–H and O–H groups in total. The number of hydrogen-bond acceptors (Lipinski definition) is 8. The van der Waals surface area contributed by atoms with Crippen LogP contribution >= 0.6 is 23.2 Å². The number of aromatic nitrogens is 1. The van der Waals surface area contributed by atoms with Gasteiger partial charge >= 0.3 is 0 Å². The van der Waals surface area contributed by atoms with Crippen LogP contribution in [0.1, 0.15) is 47.1 Å². The molecule has 1 saturated heterocycles. The fraction of sp³-hybridized carbons (Fsp3) is 0.351. The van der Waals surface area contributed by atoms with E-state index in [2.05, 4.69) is 16.0 Å². The fourth-order valence-electron chi connectivity index (χ4n) is 5.86. The van der Waals surface area contributed by atoms with Gasteiger partial charge in [-0.25, -0.2) is 0 Å². The summed E-state index contributed by atoms with van der Waals surface area (Å²) in [7, 11) is 0. The van der Waals surface area contributed by atoms with Gasteiger partial charge in [0.15, 0.2) is 0 Å². The highest BCUT2D eigenvalue weighted by Crippen LogP contribution is 2.38. The molecule has 1 aliphatic heterocycles. The number of halogens is 2. The standard InChI is InChI=1S/C37H40Cl2N4O4/c1-25-29(24-47-36-16-35(30(18-41)15-33(36)38)46-23-28-14-27(17-40)19-42-20-28)7-2-8-31(25)32-9-3-10-34(37(32)39)45-13-5-12-43-11-4-6-26(21-43)22-44/h2-3,7-10,14-16,19-20,26,44H,4-6,11-13,18,21-24,41H2,1H3. The van der Waals surface area contributed by atoms with Crippen molar-refractivity contribution in [2.24, 2.45) is 11.7 Å². The second kappa shape index (κ2) is 16.8. The number of rotatable bonds is 14. The molecular formula is C37H40Cl2N4O4. The zero-order chi connectivity index (χ0) is 33.2. The molecule has 2 heterocycles. The highest BCUT2D eigenvalue weighted by Gasteiger charge is 2.19. The van der Waals surface area contributed by atoms with Crippen molar-refractivity contribution in [2.45, 2.75) is 45.9 Å². The minimum atomic E-state index is 0.213. The maximum absolute atomic E-state index is 9.51. The fourth-order valence-corrected chi connectivity index (χ4v) is 6.38. The van der Waals surface area contributed by atoms with Crippen molar-refractivity contribution in [3.8, 4) is 34.4 Å². The van der Waals surface area contributed by atoms with Crippen LogP contribution in [0.25, 0.3) is 11.1 Å². The lowest BCUT2D eigenvalue weighted by Gasteiger charge is -2.31. The summed E-state index contributed by atoms with van der Waals surface area (Å²) < 4.78 is 18.4. The maximum atomic E-state index is 9.51. The number of pyridine rings is 1. The van der Waals surface area contributed by atoms with Crippen molar-refractivity contribution in [1.29, 1.82) is 5.26 Å². The number of piperidine rings is 1. The molecule has 0 bridgehead atoms. The van der Waals surface area contributed by atoms with Crippen LogP contribution in [-0.4, -0.2) is 47.8 Å². The third-order valence-electron chi connectivity index (χ3n) is 8.47. The maximum Gasteiger partial charge on any atom is 0.142 e. The molecule has 0 saturated carbocycles. The molecule has 0 aliphatic carbocycles. The van der Waals surface area contributed by atoms with E-state index in [1.807, 2.05) is 43.3 Å². The Labute approximate surface area is 286 Å². The lowest BCUT2D eigenvalue weighted by molar-refractivity contribution is 0.115. The number of aliphatic hydroxyl groups excluding tert-OH is 1. The predicted octanol–water partition coefficient (Wildman–Crippen LogP) is 7.33. The molecule has 246 valence electrons. The van der Waals surface area contributed by atoms with Gasteiger partial charge in [0.25, 0.3) is 0 Å². The highest BCUT2D eigenvalue weighted by molar-refractivity contribution is 6.35. The van der Waals surface area contributed by atoms with E-state index in [4.69, 9.17) is 48.4 Å². The van der Waals surface area contributed by atoms with Gasteiger partial charge in [0.2, 0.25) is 0 Å². The third-order valence-corrected chi connectivity index (χ3v) is 9.16. The molecule has 5 rings (SSSR count). The first-order chi connectivity index (χ1) is 22.9. The van der Waals surface area contributed by atoms with Crippen molar-refractivity contribution in [1.82, 2.24) is 9.88 Å². The number of likely N-dealkylation sites (tertiary alicyclic amines) is 1. The monoisotopic (exact) mass is 674 g/mol. The molecule has 3 aromatic carbocycles. The van der Waals surface area contributed by atoms with Crippen LogP contribution in [0.3, 0.4) is 0 Å². The zero-order valence-electron chi connectivity index (χ0n) is 26.6. The molecule has 10 heteroatoms. The topological polar surface area (TPSA) is 114 Å². The third kappa shape index (κ3) is 8.95. The molecule has 1 atom stereocenters. The SMILES string of the molecule is Cc1c(COc2cc(OCc3cncc(C#N)c3)c(CN)cc2Cl)cccc1-c1cccc(OCCCN2CCCC(CO)C2)c1Cl. The molecule has 4 aromatic rings. The quantitative estimate of drug-likeness (QED) is 0.134. The number of ether oxygens (including phenoxy) is 3. The van der Waals surface area contributed by atoms with Gasteiger partial charge in [0, 0.05) is 61.4 Å².